The third-order valence-corrected chi connectivity index (χ3v) is 2.75. The largest absolute Gasteiger partial charge is 0.465 e. The zero-order valence-corrected chi connectivity index (χ0v) is 11.2. The maximum absolute atomic E-state index is 11.6. The number of nitrogens with zero attached hydrogens (tertiary/aromatic N) is 1. The zero-order chi connectivity index (χ0) is 15.2. The molecule has 0 aliphatic rings. The highest BCUT2D eigenvalue weighted by molar-refractivity contribution is 5.92. The first-order valence-corrected chi connectivity index (χ1v) is 6.05. The van der Waals surface area contributed by atoms with Crippen molar-refractivity contribution in [1.29, 1.82) is 0 Å². The smallest absolute Gasteiger partial charge is 0.339 e. The predicted octanol–water partition coefficient (Wildman–Crippen LogP) is 2.78. The number of benzene rings is 2. The Bertz CT molecular complexity index is 739. The van der Waals surface area contributed by atoms with Crippen LogP contribution in [-0.2, 0) is 4.74 Å². The number of nitro benzene ring substituents is 1. The van der Waals surface area contributed by atoms with Gasteiger partial charge in [0.15, 0.2) is 0 Å². The van der Waals surface area contributed by atoms with Gasteiger partial charge in [0.2, 0.25) is 0 Å². The number of hydrogen-bond acceptors (Lipinski definition) is 4. The minimum atomic E-state index is -0.468. The Balaban J connectivity index is 2.31. The second-order valence-electron chi connectivity index (χ2n) is 4.09. The van der Waals surface area contributed by atoms with Gasteiger partial charge in [-0.05, 0) is 24.3 Å². The first-order valence-electron chi connectivity index (χ1n) is 6.05. The topological polar surface area (TPSA) is 69.4 Å². The van der Waals surface area contributed by atoms with Crippen LogP contribution >= 0.6 is 0 Å². The molecule has 0 saturated carbocycles. The summed E-state index contributed by atoms with van der Waals surface area (Å²) < 4.78 is 4.69. The molecular formula is C16H11NO4. The molecule has 0 radical (unpaired) electrons. The summed E-state index contributed by atoms with van der Waals surface area (Å²) in [4.78, 5) is 21.7. The Kier molecular flexibility index (Phi) is 4.32. The van der Waals surface area contributed by atoms with E-state index in [1.807, 2.05) is 0 Å². The molecule has 0 aliphatic carbocycles. The molecule has 0 heterocycles. The lowest BCUT2D eigenvalue weighted by Gasteiger charge is -2.01. The van der Waals surface area contributed by atoms with Gasteiger partial charge >= 0.3 is 5.97 Å². The number of ether oxygens (including phenoxy) is 1. The van der Waals surface area contributed by atoms with Gasteiger partial charge in [0, 0.05) is 23.3 Å². The monoisotopic (exact) mass is 281 g/mol. The second-order valence-corrected chi connectivity index (χ2v) is 4.09. The molecule has 0 unspecified atom stereocenters. The van der Waals surface area contributed by atoms with Crippen LogP contribution in [0.1, 0.15) is 21.5 Å². The van der Waals surface area contributed by atoms with Crippen LogP contribution in [0, 0.1) is 22.0 Å². The van der Waals surface area contributed by atoms with E-state index in [4.69, 9.17) is 0 Å². The normalized spacial score (nSPS) is 9.38. The summed E-state index contributed by atoms with van der Waals surface area (Å²) >= 11 is 0. The molecule has 0 bridgehead atoms. The average molecular weight is 281 g/mol. The van der Waals surface area contributed by atoms with Crippen molar-refractivity contribution in [3.63, 3.8) is 0 Å². The van der Waals surface area contributed by atoms with Gasteiger partial charge in [-0.15, -0.1) is 0 Å². The number of hydrogen-bond donors (Lipinski definition) is 0. The quantitative estimate of drug-likeness (QED) is 0.367. The summed E-state index contributed by atoms with van der Waals surface area (Å²) in [5.74, 6) is 5.28. The Morgan fingerprint density at radius 2 is 1.76 bits per heavy atom. The molecule has 0 aliphatic heterocycles. The van der Waals surface area contributed by atoms with Crippen molar-refractivity contribution in [1.82, 2.24) is 0 Å². The van der Waals surface area contributed by atoms with Gasteiger partial charge < -0.3 is 4.74 Å². The van der Waals surface area contributed by atoms with Crippen molar-refractivity contribution < 1.29 is 14.5 Å². The van der Waals surface area contributed by atoms with Crippen LogP contribution in [0.5, 0.6) is 0 Å². The standard InChI is InChI=1S/C16H11NO4/c1-21-16(18)15-5-3-2-4-13(15)9-6-12-7-10-14(11-8-12)17(19)20/h2-5,7-8,10-11H,1H3. The minimum absolute atomic E-state index is 0.00973. The molecule has 5 heteroatoms. The number of non-ortho nitro benzene ring substituents is 1. The summed E-state index contributed by atoms with van der Waals surface area (Å²) in [5, 5.41) is 10.6. The van der Waals surface area contributed by atoms with Gasteiger partial charge in [0.25, 0.3) is 5.69 Å². The molecule has 2 aromatic rings. The van der Waals surface area contributed by atoms with E-state index in [2.05, 4.69) is 16.6 Å². The molecule has 0 spiro atoms. The second kappa shape index (κ2) is 6.35. The van der Waals surface area contributed by atoms with Crippen LogP contribution in [0.25, 0.3) is 0 Å². The molecule has 5 nitrogen and oxygen atoms in total. The highest BCUT2D eigenvalue weighted by atomic mass is 16.6. The summed E-state index contributed by atoms with van der Waals surface area (Å²) in [6.07, 6.45) is 0. The summed E-state index contributed by atoms with van der Waals surface area (Å²) in [7, 11) is 1.31. The molecule has 2 rings (SSSR count). The van der Waals surface area contributed by atoms with E-state index < -0.39 is 10.9 Å². The SMILES string of the molecule is COC(=O)c1ccccc1C#Cc1ccc([N+](=O)[O-])cc1. The number of rotatable bonds is 2. The number of carbonyl (C=O) groups excluding carboxylic acids is 1. The van der Waals surface area contributed by atoms with Crippen LogP contribution in [0.2, 0.25) is 0 Å². The van der Waals surface area contributed by atoms with Crippen molar-refractivity contribution in [3.05, 3.63) is 75.3 Å². The first kappa shape index (κ1) is 14.3. The number of esters is 1. The van der Waals surface area contributed by atoms with Gasteiger partial charge in [0.1, 0.15) is 0 Å². The molecule has 0 aromatic heterocycles. The van der Waals surface area contributed by atoms with Crippen molar-refractivity contribution in [2.45, 2.75) is 0 Å². The van der Waals surface area contributed by atoms with E-state index in [-0.39, 0.29) is 5.69 Å². The molecule has 0 saturated heterocycles. The van der Waals surface area contributed by atoms with Crippen LogP contribution in [-0.4, -0.2) is 18.0 Å². The maximum atomic E-state index is 11.6. The van der Waals surface area contributed by atoms with Crippen molar-refractivity contribution in [2.75, 3.05) is 7.11 Å². The van der Waals surface area contributed by atoms with Crippen molar-refractivity contribution in [2.24, 2.45) is 0 Å². The van der Waals surface area contributed by atoms with Gasteiger partial charge in [-0.2, -0.15) is 0 Å². The molecule has 21 heavy (non-hydrogen) atoms. The van der Waals surface area contributed by atoms with E-state index in [9.17, 15) is 14.9 Å². The number of methoxy groups -OCH3 is 1. The molecule has 0 N–H and O–H groups in total. The van der Waals surface area contributed by atoms with Crippen LogP contribution in [0.4, 0.5) is 5.69 Å². The van der Waals surface area contributed by atoms with E-state index in [1.54, 1.807) is 36.4 Å². The summed E-state index contributed by atoms with van der Waals surface area (Å²) in [5.41, 5.74) is 1.56. The molecule has 0 amide bonds. The lowest BCUT2D eigenvalue weighted by Crippen LogP contribution is -2.03. The lowest BCUT2D eigenvalue weighted by molar-refractivity contribution is -0.384. The molecular weight excluding hydrogens is 270 g/mol. The van der Waals surface area contributed by atoms with Gasteiger partial charge in [-0.25, -0.2) is 4.79 Å². The first-order chi connectivity index (χ1) is 10.1. The molecule has 2 aromatic carbocycles. The third-order valence-electron chi connectivity index (χ3n) is 2.75. The van der Waals surface area contributed by atoms with Crippen LogP contribution < -0.4 is 0 Å². The van der Waals surface area contributed by atoms with E-state index in [0.29, 0.717) is 16.7 Å². The average Bonchev–Trinajstić information content (AvgIpc) is 2.52. The van der Waals surface area contributed by atoms with Crippen molar-refractivity contribution >= 4 is 11.7 Å². The molecule has 0 atom stereocenters. The Morgan fingerprint density at radius 1 is 1.10 bits per heavy atom. The van der Waals surface area contributed by atoms with E-state index in [0.717, 1.165) is 0 Å². The van der Waals surface area contributed by atoms with Crippen LogP contribution in [0.15, 0.2) is 48.5 Å². The third kappa shape index (κ3) is 3.45. The Labute approximate surface area is 121 Å². The fraction of sp³-hybridized carbons (Fsp3) is 0.0625. The Morgan fingerprint density at radius 3 is 2.38 bits per heavy atom. The van der Waals surface area contributed by atoms with Gasteiger partial charge in [-0.3, -0.25) is 10.1 Å². The number of nitro groups is 1. The Hall–Kier alpha value is -3.13. The zero-order valence-electron chi connectivity index (χ0n) is 11.2. The summed E-state index contributed by atoms with van der Waals surface area (Å²) in [6.45, 7) is 0. The maximum Gasteiger partial charge on any atom is 0.339 e. The van der Waals surface area contributed by atoms with E-state index in [1.165, 1.54) is 19.2 Å². The number of carbonyl (C=O) groups is 1. The minimum Gasteiger partial charge on any atom is -0.465 e. The fourth-order valence-corrected chi connectivity index (χ4v) is 1.69. The van der Waals surface area contributed by atoms with Gasteiger partial charge in [0.05, 0.1) is 17.6 Å². The molecule has 0 fully saturated rings. The highest BCUT2D eigenvalue weighted by Crippen LogP contribution is 2.12. The van der Waals surface area contributed by atoms with Crippen molar-refractivity contribution in [3.8, 4) is 11.8 Å². The van der Waals surface area contributed by atoms with E-state index >= 15 is 0 Å². The summed E-state index contributed by atoms with van der Waals surface area (Å²) in [6, 6.07) is 12.7. The highest BCUT2D eigenvalue weighted by Gasteiger charge is 2.08. The van der Waals surface area contributed by atoms with Crippen LogP contribution in [0.3, 0.4) is 0 Å². The van der Waals surface area contributed by atoms with Gasteiger partial charge in [-0.1, -0.05) is 24.0 Å². The fourth-order valence-electron chi connectivity index (χ4n) is 1.69. The lowest BCUT2D eigenvalue weighted by atomic mass is 10.1. The molecule has 104 valence electrons. The predicted molar refractivity (Wildman–Crippen MR) is 76.9 cm³/mol.